The number of nitrogens with zero attached hydrogens (tertiary/aromatic N) is 3. The van der Waals surface area contributed by atoms with E-state index in [1.807, 2.05) is 0 Å². The van der Waals surface area contributed by atoms with Crippen LogP contribution in [0.5, 0.6) is 5.75 Å². The average Bonchev–Trinajstić information content (AvgIpc) is 2.73. The third-order valence-electron chi connectivity index (χ3n) is 5.23. The van der Waals surface area contributed by atoms with Gasteiger partial charge in [-0.05, 0) is 30.5 Å². The fourth-order valence-corrected chi connectivity index (χ4v) is 3.48. The number of hydrogen-bond donors (Lipinski definition) is 1. The summed E-state index contributed by atoms with van der Waals surface area (Å²) in [7, 11) is 2.66. The van der Waals surface area contributed by atoms with E-state index in [-0.39, 0.29) is 27.8 Å². The lowest BCUT2D eigenvalue weighted by molar-refractivity contribution is -0.231. The van der Waals surface area contributed by atoms with Gasteiger partial charge in [0.2, 0.25) is 0 Å². The maximum Gasteiger partial charge on any atom is 0.422 e. The Bertz CT molecular complexity index is 1220. The topological polar surface area (TPSA) is 76.7 Å². The number of methoxy groups -OCH3 is 1. The van der Waals surface area contributed by atoms with E-state index in [2.05, 4.69) is 10.1 Å². The monoisotopic (exact) mass is 451 g/mol. The zero-order chi connectivity index (χ0) is 23.7. The summed E-state index contributed by atoms with van der Waals surface area (Å²) in [5.41, 5.74) is -3.52. The fourth-order valence-electron chi connectivity index (χ4n) is 3.48. The molecule has 1 N–H and O–H groups in total. The molecule has 1 aromatic heterocycles. The number of fused-ring (bicyclic) bond motifs is 1. The molecule has 2 aromatic carbocycles. The van der Waals surface area contributed by atoms with Gasteiger partial charge in [-0.1, -0.05) is 25.1 Å². The summed E-state index contributed by atoms with van der Waals surface area (Å²) >= 11 is 0. The van der Waals surface area contributed by atoms with Crippen LogP contribution >= 0.6 is 0 Å². The van der Waals surface area contributed by atoms with Crippen LogP contribution < -0.4 is 10.3 Å². The standard InChI is InChI=1S/C22H21F4N3O3/c1-13(14-6-4-8-17(23)19(14)32-3)10-21(31,22(24,25)26)12-27-18-9-5-7-15-16(18)11-28-29(2)20(15)30/h4-9,11-13,31H,10H2,1-3H3/b27-12+. The van der Waals surface area contributed by atoms with E-state index in [0.717, 1.165) is 10.7 Å². The van der Waals surface area contributed by atoms with Gasteiger partial charge in [-0.2, -0.15) is 18.3 Å². The molecule has 32 heavy (non-hydrogen) atoms. The Hall–Kier alpha value is -3.27. The average molecular weight is 451 g/mol. The lowest BCUT2D eigenvalue weighted by Gasteiger charge is -2.30. The van der Waals surface area contributed by atoms with Crippen LogP contribution in [0, 0.1) is 5.82 Å². The molecular weight excluding hydrogens is 430 g/mol. The molecule has 1 heterocycles. The smallest absolute Gasteiger partial charge is 0.422 e. The molecule has 10 heteroatoms. The van der Waals surface area contributed by atoms with E-state index in [0.29, 0.717) is 6.21 Å². The van der Waals surface area contributed by atoms with E-state index in [9.17, 15) is 27.5 Å². The van der Waals surface area contributed by atoms with Gasteiger partial charge in [0.1, 0.15) is 0 Å². The van der Waals surface area contributed by atoms with Gasteiger partial charge in [-0.25, -0.2) is 9.07 Å². The van der Waals surface area contributed by atoms with Crippen molar-refractivity contribution in [3.63, 3.8) is 0 Å². The van der Waals surface area contributed by atoms with E-state index in [1.54, 1.807) is 0 Å². The predicted molar refractivity (Wildman–Crippen MR) is 112 cm³/mol. The number of rotatable bonds is 6. The highest BCUT2D eigenvalue weighted by Gasteiger charge is 2.53. The van der Waals surface area contributed by atoms with Gasteiger partial charge in [0.25, 0.3) is 5.56 Å². The predicted octanol–water partition coefficient (Wildman–Crippen LogP) is 4.27. The van der Waals surface area contributed by atoms with Crippen LogP contribution in [0.3, 0.4) is 0 Å². The first-order chi connectivity index (χ1) is 15.0. The Morgan fingerprint density at radius 1 is 1.22 bits per heavy atom. The first-order valence-corrected chi connectivity index (χ1v) is 9.60. The molecule has 0 radical (unpaired) electrons. The minimum atomic E-state index is -5.07. The highest BCUT2D eigenvalue weighted by molar-refractivity contribution is 5.93. The van der Waals surface area contributed by atoms with Gasteiger partial charge in [0, 0.05) is 24.2 Å². The maximum atomic E-state index is 14.0. The second kappa shape index (κ2) is 8.70. The molecule has 2 atom stereocenters. The zero-order valence-electron chi connectivity index (χ0n) is 17.5. The Labute approximate surface area is 180 Å². The highest BCUT2D eigenvalue weighted by atomic mass is 19.4. The molecule has 0 spiro atoms. The zero-order valence-corrected chi connectivity index (χ0v) is 17.5. The largest absolute Gasteiger partial charge is 0.493 e. The van der Waals surface area contributed by atoms with Crippen LogP contribution in [-0.4, -0.2) is 40.0 Å². The summed E-state index contributed by atoms with van der Waals surface area (Å²) < 4.78 is 61.7. The van der Waals surface area contributed by atoms with E-state index in [4.69, 9.17) is 4.74 Å². The number of hydrogen-bond acceptors (Lipinski definition) is 5. The summed E-state index contributed by atoms with van der Waals surface area (Å²) in [6.07, 6.45) is -4.17. The Balaban J connectivity index is 2.02. The van der Waals surface area contributed by atoms with Crippen molar-refractivity contribution < 1.29 is 27.4 Å². The lowest BCUT2D eigenvalue weighted by atomic mass is 9.86. The Morgan fingerprint density at radius 3 is 2.56 bits per heavy atom. The van der Waals surface area contributed by atoms with Gasteiger partial charge in [0.05, 0.1) is 24.4 Å². The van der Waals surface area contributed by atoms with Crippen molar-refractivity contribution in [1.29, 1.82) is 0 Å². The van der Waals surface area contributed by atoms with Crippen LogP contribution in [0.2, 0.25) is 0 Å². The maximum absolute atomic E-state index is 14.0. The van der Waals surface area contributed by atoms with Gasteiger partial charge in [-0.3, -0.25) is 9.79 Å². The Kier molecular flexibility index (Phi) is 6.36. The number of benzene rings is 2. The lowest BCUT2D eigenvalue weighted by Crippen LogP contribution is -2.47. The summed E-state index contributed by atoms with van der Waals surface area (Å²) in [5.74, 6) is -1.83. The molecule has 6 nitrogen and oxygen atoms in total. The summed E-state index contributed by atoms with van der Waals surface area (Å²) in [5, 5.41) is 14.9. The molecular formula is C22H21F4N3O3. The first-order valence-electron chi connectivity index (χ1n) is 9.60. The van der Waals surface area contributed by atoms with E-state index >= 15 is 0 Å². The van der Waals surface area contributed by atoms with Crippen LogP contribution in [0.15, 0.2) is 52.4 Å². The van der Waals surface area contributed by atoms with Gasteiger partial charge < -0.3 is 9.84 Å². The van der Waals surface area contributed by atoms with Crippen molar-refractivity contribution in [2.24, 2.45) is 12.0 Å². The van der Waals surface area contributed by atoms with Crippen LogP contribution in [0.1, 0.15) is 24.8 Å². The summed E-state index contributed by atoms with van der Waals surface area (Å²) in [4.78, 5) is 16.1. The molecule has 0 bridgehead atoms. The quantitative estimate of drug-likeness (QED) is 0.449. The molecule has 0 amide bonds. The summed E-state index contributed by atoms with van der Waals surface area (Å²) in [6.45, 7) is 1.42. The number of halogens is 4. The number of alkyl halides is 3. The third kappa shape index (κ3) is 4.36. The molecule has 0 aliphatic rings. The summed E-state index contributed by atoms with van der Waals surface area (Å²) in [6, 6.07) is 8.32. The van der Waals surface area contributed by atoms with Crippen LogP contribution in [-0.2, 0) is 7.05 Å². The molecule has 0 saturated carbocycles. The van der Waals surface area contributed by atoms with Crippen molar-refractivity contribution in [1.82, 2.24) is 9.78 Å². The Morgan fingerprint density at radius 2 is 1.91 bits per heavy atom. The number of aliphatic hydroxyl groups is 1. The van der Waals surface area contributed by atoms with E-state index in [1.165, 1.54) is 57.6 Å². The normalized spacial score (nSPS) is 15.1. The molecule has 170 valence electrons. The fraction of sp³-hybridized carbons (Fsp3) is 0.318. The molecule has 0 aliphatic carbocycles. The third-order valence-corrected chi connectivity index (χ3v) is 5.23. The molecule has 0 aliphatic heterocycles. The number of aryl methyl sites for hydroxylation is 1. The SMILES string of the molecule is COc1c(F)cccc1C(C)CC(O)(/C=N/c1cccc2c(=O)n(C)ncc12)C(F)(F)F. The molecule has 0 saturated heterocycles. The van der Waals surface area contributed by atoms with Crippen molar-refractivity contribution in [3.05, 3.63) is 64.3 Å². The molecule has 3 aromatic rings. The number of para-hydroxylation sites is 1. The van der Waals surface area contributed by atoms with Crippen LogP contribution in [0.25, 0.3) is 10.8 Å². The highest BCUT2D eigenvalue weighted by Crippen LogP contribution is 2.40. The van der Waals surface area contributed by atoms with E-state index < -0.39 is 35.5 Å². The van der Waals surface area contributed by atoms with Crippen molar-refractivity contribution in [3.8, 4) is 5.75 Å². The molecule has 0 fully saturated rings. The number of aromatic nitrogens is 2. The number of ether oxygens (including phenoxy) is 1. The van der Waals surface area contributed by atoms with Crippen molar-refractivity contribution in [2.75, 3.05) is 7.11 Å². The molecule has 2 unspecified atom stereocenters. The van der Waals surface area contributed by atoms with Crippen molar-refractivity contribution >= 4 is 22.7 Å². The van der Waals surface area contributed by atoms with Gasteiger partial charge in [0.15, 0.2) is 17.2 Å². The van der Waals surface area contributed by atoms with Crippen LogP contribution in [0.4, 0.5) is 23.2 Å². The van der Waals surface area contributed by atoms with Gasteiger partial charge >= 0.3 is 6.18 Å². The van der Waals surface area contributed by atoms with Gasteiger partial charge in [-0.15, -0.1) is 0 Å². The molecule has 3 rings (SSSR count). The minimum absolute atomic E-state index is 0.0476. The second-order valence-electron chi connectivity index (χ2n) is 7.46. The second-order valence-corrected chi connectivity index (χ2v) is 7.46. The van der Waals surface area contributed by atoms with Crippen molar-refractivity contribution in [2.45, 2.75) is 31.0 Å². The number of aliphatic imine (C=N–C) groups is 1. The first kappa shape index (κ1) is 23.4. The minimum Gasteiger partial charge on any atom is -0.493 e.